The number of nitrogens with zero attached hydrogens (tertiary/aromatic N) is 3. The summed E-state index contributed by atoms with van der Waals surface area (Å²) in [5, 5.41) is 16.4. The average Bonchev–Trinajstić information content (AvgIpc) is 3.08. The van der Waals surface area contributed by atoms with Gasteiger partial charge in [-0.2, -0.15) is 4.98 Å². The molecule has 3 rings (SSSR count). The van der Waals surface area contributed by atoms with Crippen molar-refractivity contribution in [3.8, 4) is 11.4 Å². The number of carboxylic acids is 1. The summed E-state index contributed by atoms with van der Waals surface area (Å²) in [6, 6.07) is 6.66. The van der Waals surface area contributed by atoms with E-state index in [0.29, 0.717) is 23.8 Å². The molecule has 9 heteroatoms. The number of benzene rings is 1. The number of piperidine rings is 1. The molecule has 2 atom stereocenters. The van der Waals surface area contributed by atoms with Crippen molar-refractivity contribution in [3.63, 3.8) is 0 Å². The zero-order valence-corrected chi connectivity index (χ0v) is 14.9. The molecule has 0 saturated carbocycles. The summed E-state index contributed by atoms with van der Waals surface area (Å²) in [4.78, 5) is 29.3. The lowest BCUT2D eigenvalue weighted by atomic mass is 9.91. The van der Waals surface area contributed by atoms with Gasteiger partial charge in [0.15, 0.2) is 0 Å². The molecule has 2 amide bonds. The van der Waals surface area contributed by atoms with Gasteiger partial charge in [0.25, 0.3) is 0 Å². The fourth-order valence-electron chi connectivity index (χ4n) is 3.00. The van der Waals surface area contributed by atoms with Crippen LogP contribution in [0, 0.1) is 11.8 Å². The van der Waals surface area contributed by atoms with E-state index >= 15 is 0 Å². The van der Waals surface area contributed by atoms with Gasteiger partial charge < -0.3 is 19.8 Å². The minimum Gasteiger partial charge on any atom is -0.481 e. The van der Waals surface area contributed by atoms with Crippen molar-refractivity contribution in [2.75, 3.05) is 13.1 Å². The smallest absolute Gasteiger partial charge is 0.317 e. The standard InChI is InChI=1S/C17H19ClN4O4/c1-10-6-12(16(23)24)9-22(8-10)17(25)19-7-14-20-15(21-26-14)11-2-4-13(18)5-3-11/h2-5,10,12H,6-9H2,1H3,(H,19,25)(H,23,24). The lowest BCUT2D eigenvalue weighted by Crippen LogP contribution is -2.49. The topological polar surface area (TPSA) is 109 Å². The van der Waals surface area contributed by atoms with Crippen LogP contribution in [0.5, 0.6) is 0 Å². The fourth-order valence-corrected chi connectivity index (χ4v) is 3.13. The molecule has 1 aromatic carbocycles. The molecule has 1 fully saturated rings. The molecule has 2 N–H and O–H groups in total. The van der Waals surface area contributed by atoms with Crippen LogP contribution in [0.15, 0.2) is 28.8 Å². The zero-order valence-electron chi connectivity index (χ0n) is 14.2. The highest BCUT2D eigenvalue weighted by atomic mass is 35.5. The molecule has 0 bridgehead atoms. The third-order valence-corrected chi connectivity index (χ3v) is 4.51. The van der Waals surface area contributed by atoms with Crippen molar-refractivity contribution in [2.45, 2.75) is 19.9 Å². The first-order valence-electron chi connectivity index (χ1n) is 8.26. The van der Waals surface area contributed by atoms with Gasteiger partial charge in [-0.3, -0.25) is 4.79 Å². The molecule has 1 aromatic heterocycles. The van der Waals surface area contributed by atoms with E-state index < -0.39 is 11.9 Å². The van der Waals surface area contributed by atoms with Gasteiger partial charge in [0, 0.05) is 23.7 Å². The Labute approximate surface area is 155 Å². The second-order valence-corrected chi connectivity index (χ2v) is 6.89. The lowest BCUT2D eigenvalue weighted by Gasteiger charge is -2.34. The third kappa shape index (κ3) is 4.32. The number of urea groups is 1. The highest BCUT2D eigenvalue weighted by Crippen LogP contribution is 2.22. The van der Waals surface area contributed by atoms with Crippen LogP contribution in [0.3, 0.4) is 0 Å². The first-order chi connectivity index (χ1) is 12.4. The van der Waals surface area contributed by atoms with Crippen LogP contribution in [0.25, 0.3) is 11.4 Å². The average molecular weight is 379 g/mol. The van der Waals surface area contributed by atoms with Crippen LogP contribution in [0.4, 0.5) is 4.79 Å². The van der Waals surface area contributed by atoms with Crippen molar-refractivity contribution in [2.24, 2.45) is 11.8 Å². The van der Waals surface area contributed by atoms with Gasteiger partial charge in [-0.05, 0) is 36.6 Å². The number of hydrogen-bond donors (Lipinski definition) is 2. The van der Waals surface area contributed by atoms with Crippen LogP contribution in [0.2, 0.25) is 5.02 Å². The molecule has 26 heavy (non-hydrogen) atoms. The van der Waals surface area contributed by atoms with Crippen LogP contribution in [-0.2, 0) is 11.3 Å². The number of nitrogens with one attached hydrogen (secondary N) is 1. The molecular weight excluding hydrogens is 360 g/mol. The molecule has 8 nitrogen and oxygen atoms in total. The largest absolute Gasteiger partial charge is 0.481 e. The fraction of sp³-hybridized carbons (Fsp3) is 0.412. The Balaban J connectivity index is 1.58. The number of rotatable bonds is 4. The van der Waals surface area contributed by atoms with Crippen molar-refractivity contribution < 1.29 is 19.2 Å². The first kappa shape index (κ1) is 18.2. The van der Waals surface area contributed by atoms with Crippen LogP contribution in [0.1, 0.15) is 19.2 Å². The van der Waals surface area contributed by atoms with E-state index in [1.54, 1.807) is 24.3 Å². The Morgan fingerprint density at radius 3 is 2.77 bits per heavy atom. The number of aliphatic carboxylic acids is 1. The number of likely N-dealkylation sites (tertiary alicyclic amines) is 1. The molecule has 0 aliphatic carbocycles. The molecule has 1 saturated heterocycles. The molecule has 138 valence electrons. The molecule has 2 heterocycles. The van der Waals surface area contributed by atoms with E-state index in [-0.39, 0.29) is 30.9 Å². The monoisotopic (exact) mass is 378 g/mol. The molecule has 0 radical (unpaired) electrons. The SMILES string of the molecule is CC1CC(C(=O)O)CN(C(=O)NCc2nc(-c3ccc(Cl)cc3)no2)C1. The van der Waals surface area contributed by atoms with E-state index in [2.05, 4.69) is 15.5 Å². The molecule has 1 aliphatic rings. The van der Waals surface area contributed by atoms with Crippen LogP contribution in [-0.4, -0.2) is 45.2 Å². The Kier molecular flexibility index (Phi) is 5.41. The molecule has 1 aliphatic heterocycles. The molecule has 2 aromatic rings. The van der Waals surface area contributed by atoms with Gasteiger partial charge in [-0.25, -0.2) is 4.79 Å². The summed E-state index contributed by atoms with van der Waals surface area (Å²) in [6.07, 6.45) is 0.577. The van der Waals surface area contributed by atoms with Crippen molar-refractivity contribution >= 4 is 23.6 Å². The summed E-state index contributed by atoms with van der Waals surface area (Å²) >= 11 is 5.85. The van der Waals surface area contributed by atoms with E-state index in [1.807, 2.05) is 6.92 Å². The third-order valence-electron chi connectivity index (χ3n) is 4.26. The predicted octanol–water partition coefficient (Wildman–Crippen LogP) is 2.64. The number of amides is 2. The lowest BCUT2D eigenvalue weighted by molar-refractivity contribution is -0.143. The van der Waals surface area contributed by atoms with Gasteiger partial charge in [-0.15, -0.1) is 0 Å². The maximum Gasteiger partial charge on any atom is 0.317 e. The zero-order chi connectivity index (χ0) is 18.7. The van der Waals surface area contributed by atoms with E-state index in [0.717, 1.165) is 5.56 Å². The number of carbonyl (C=O) groups excluding carboxylic acids is 1. The number of hydrogen-bond acceptors (Lipinski definition) is 5. The van der Waals surface area contributed by atoms with Crippen LogP contribution >= 0.6 is 11.6 Å². The maximum atomic E-state index is 12.3. The van der Waals surface area contributed by atoms with Gasteiger partial charge in [0.05, 0.1) is 12.5 Å². The van der Waals surface area contributed by atoms with Crippen molar-refractivity contribution in [1.82, 2.24) is 20.4 Å². The van der Waals surface area contributed by atoms with Crippen LogP contribution < -0.4 is 5.32 Å². The minimum absolute atomic E-state index is 0.0715. The van der Waals surface area contributed by atoms with E-state index in [4.69, 9.17) is 16.1 Å². The van der Waals surface area contributed by atoms with Crippen molar-refractivity contribution in [1.29, 1.82) is 0 Å². The highest BCUT2D eigenvalue weighted by molar-refractivity contribution is 6.30. The summed E-state index contributed by atoms with van der Waals surface area (Å²) in [5.74, 6) is -0.606. The normalized spacial score (nSPS) is 20.0. The number of aromatic nitrogens is 2. The van der Waals surface area contributed by atoms with E-state index in [9.17, 15) is 14.7 Å². The second-order valence-electron chi connectivity index (χ2n) is 6.46. The predicted molar refractivity (Wildman–Crippen MR) is 93.5 cm³/mol. The first-order valence-corrected chi connectivity index (χ1v) is 8.64. The molecule has 0 spiro atoms. The number of carboxylic acid groups (broad SMARTS) is 1. The summed E-state index contributed by atoms with van der Waals surface area (Å²) in [5.41, 5.74) is 0.755. The minimum atomic E-state index is -0.876. The quantitative estimate of drug-likeness (QED) is 0.846. The molecule has 2 unspecified atom stereocenters. The van der Waals surface area contributed by atoms with Gasteiger partial charge >= 0.3 is 12.0 Å². The Bertz CT molecular complexity index is 792. The van der Waals surface area contributed by atoms with Crippen molar-refractivity contribution in [3.05, 3.63) is 35.2 Å². The molecular formula is C17H19ClN4O4. The van der Waals surface area contributed by atoms with Gasteiger partial charge in [-0.1, -0.05) is 23.7 Å². The Hall–Kier alpha value is -2.61. The van der Waals surface area contributed by atoms with Gasteiger partial charge in [0.2, 0.25) is 11.7 Å². The summed E-state index contributed by atoms with van der Waals surface area (Å²) in [7, 11) is 0. The number of halogens is 1. The Morgan fingerprint density at radius 1 is 1.35 bits per heavy atom. The van der Waals surface area contributed by atoms with Gasteiger partial charge in [0.1, 0.15) is 0 Å². The second kappa shape index (κ2) is 7.74. The van der Waals surface area contributed by atoms with E-state index in [1.165, 1.54) is 4.90 Å². The summed E-state index contributed by atoms with van der Waals surface area (Å²) in [6.45, 7) is 2.73. The maximum absolute atomic E-state index is 12.3. The Morgan fingerprint density at radius 2 is 2.08 bits per heavy atom. The number of carbonyl (C=O) groups is 2. The highest BCUT2D eigenvalue weighted by Gasteiger charge is 2.31. The summed E-state index contributed by atoms with van der Waals surface area (Å²) < 4.78 is 5.15.